The summed E-state index contributed by atoms with van der Waals surface area (Å²) in [5, 5.41) is 4.97. The molecule has 1 aliphatic rings. The Morgan fingerprint density at radius 1 is 0.311 bits per heavy atom. The summed E-state index contributed by atoms with van der Waals surface area (Å²) in [6, 6.07) is 84.1. The molecule has 0 aromatic heterocycles. The Balaban J connectivity index is 1.12. The van der Waals surface area contributed by atoms with Crippen LogP contribution >= 0.6 is 0 Å². The highest BCUT2D eigenvalue weighted by Crippen LogP contribution is 2.52. The molecule has 10 aromatic carbocycles. The van der Waals surface area contributed by atoms with Crippen molar-refractivity contribution in [2.75, 3.05) is 9.80 Å². The molecular formula is C59H44N2. The van der Waals surface area contributed by atoms with Crippen molar-refractivity contribution in [3.63, 3.8) is 0 Å². The second-order valence-corrected chi connectivity index (χ2v) is 16.6. The number of rotatable bonds is 8. The zero-order valence-corrected chi connectivity index (χ0v) is 34.3. The van der Waals surface area contributed by atoms with E-state index < -0.39 is 0 Å². The third kappa shape index (κ3) is 6.27. The number of para-hydroxylation sites is 2. The van der Waals surface area contributed by atoms with Crippen LogP contribution in [0.15, 0.2) is 231 Å². The standard InChI is InChI=1S/C59H44N2/c1-59(2)54-31-16-15-30-50(54)53-38-45-34-33-43-23-17-32-57(58(43)52(45)40-55(53)59)61(47-26-13-6-14-27-47)49-29-18-28-48(39-49)60(46-24-11-5-12-25-46)56-36-35-44(41-19-7-3-8-20-41)37-51(56)42-21-9-4-10-22-42/h3-40H,1-2H3. The Morgan fingerprint density at radius 2 is 0.869 bits per heavy atom. The lowest BCUT2D eigenvalue weighted by molar-refractivity contribution is 0.661. The van der Waals surface area contributed by atoms with Gasteiger partial charge < -0.3 is 9.80 Å². The molecule has 0 fully saturated rings. The van der Waals surface area contributed by atoms with Gasteiger partial charge in [0.15, 0.2) is 0 Å². The fraction of sp³-hybridized carbons (Fsp3) is 0.0508. The molecule has 10 aromatic rings. The smallest absolute Gasteiger partial charge is 0.0546 e. The van der Waals surface area contributed by atoms with Gasteiger partial charge in [0.1, 0.15) is 0 Å². The molecule has 0 saturated carbocycles. The van der Waals surface area contributed by atoms with Crippen LogP contribution in [0.2, 0.25) is 0 Å². The first-order valence-corrected chi connectivity index (χ1v) is 21.2. The highest BCUT2D eigenvalue weighted by molar-refractivity contribution is 6.16. The van der Waals surface area contributed by atoms with Crippen molar-refractivity contribution in [1.29, 1.82) is 0 Å². The van der Waals surface area contributed by atoms with Crippen molar-refractivity contribution >= 4 is 55.7 Å². The summed E-state index contributed by atoms with van der Waals surface area (Å²) in [4.78, 5) is 4.85. The Hall–Kier alpha value is -7.68. The molecule has 2 nitrogen and oxygen atoms in total. The van der Waals surface area contributed by atoms with E-state index in [1.807, 2.05) is 0 Å². The van der Waals surface area contributed by atoms with Crippen LogP contribution in [-0.4, -0.2) is 0 Å². The van der Waals surface area contributed by atoms with Crippen LogP contribution < -0.4 is 9.80 Å². The van der Waals surface area contributed by atoms with Crippen LogP contribution in [0.1, 0.15) is 25.0 Å². The van der Waals surface area contributed by atoms with Crippen LogP contribution in [0.5, 0.6) is 0 Å². The zero-order valence-electron chi connectivity index (χ0n) is 34.3. The van der Waals surface area contributed by atoms with E-state index in [1.165, 1.54) is 60.5 Å². The molecule has 0 amide bonds. The van der Waals surface area contributed by atoms with Crippen LogP contribution in [0.3, 0.4) is 0 Å². The normalized spacial score (nSPS) is 12.6. The minimum Gasteiger partial charge on any atom is -0.310 e. The van der Waals surface area contributed by atoms with E-state index in [0.717, 1.165) is 39.7 Å². The van der Waals surface area contributed by atoms with Gasteiger partial charge >= 0.3 is 0 Å². The minimum absolute atomic E-state index is 0.108. The van der Waals surface area contributed by atoms with Gasteiger partial charge in [-0.25, -0.2) is 0 Å². The fourth-order valence-electron chi connectivity index (χ4n) is 9.64. The van der Waals surface area contributed by atoms with E-state index in [4.69, 9.17) is 0 Å². The van der Waals surface area contributed by atoms with Crippen molar-refractivity contribution in [2.24, 2.45) is 0 Å². The van der Waals surface area contributed by atoms with E-state index in [-0.39, 0.29) is 5.41 Å². The topological polar surface area (TPSA) is 6.48 Å². The molecule has 11 rings (SSSR count). The van der Waals surface area contributed by atoms with Crippen LogP contribution in [0.4, 0.5) is 34.1 Å². The minimum atomic E-state index is -0.108. The Labute approximate surface area is 358 Å². The second kappa shape index (κ2) is 14.9. The van der Waals surface area contributed by atoms with Gasteiger partial charge in [0.2, 0.25) is 0 Å². The van der Waals surface area contributed by atoms with Crippen molar-refractivity contribution in [2.45, 2.75) is 19.3 Å². The molecule has 0 N–H and O–H groups in total. The molecule has 0 heterocycles. The molecule has 0 spiro atoms. The van der Waals surface area contributed by atoms with Gasteiger partial charge in [-0.05, 0) is 128 Å². The first kappa shape index (κ1) is 36.4. The highest BCUT2D eigenvalue weighted by Gasteiger charge is 2.35. The molecule has 0 bridgehead atoms. The van der Waals surface area contributed by atoms with Crippen LogP contribution in [0.25, 0.3) is 54.9 Å². The SMILES string of the molecule is CC1(C)c2ccccc2-c2cc3ccc4cccc(N(c5ccccc5)c5cccc(N(c6ccccc6)c6ccc(-c7ccccc7)cc6-c6ccccc6)c5)c4c3cc21. The van der Waals surface area contributed by atoms with Crippen LogP contribution in [0, 0.1) is 0 Å². The number of anilines is 6. The summed E-state index contributed by atoms with van der Waals surface area (Å²) in [6.45, 7) is 4.74. The molecule has 290 valence electrons. The average molecular weight is 781 g/mol. The van der Waals surface area contributed by atoms with Crippen molar-refractivity contribution in [3.8, 4) is 33.4 Å². The fourth-order valence-corrected chi connectivity index (χ4v) is 9.64. The first-order chi connectivity index (χ1) is 30.0. The molecular weight excluding hydrogens is 737 g/mol. The molecule has 1 aliphatic carbocycles. The zero-order chi connectivity index (χ0) is 40.9. The molecule has 61 heavy (non-hydrogen) atoms. The van der Waals surface area contributed by atoms with Gasteiger partial charge in [-0.1, -0.05) is 172 Å². The van der Waals surface area contributed by atoms with Crippen molar-refractivity contribution in [3.05, 3.63) is 242 Å². The van der Waals surface area contributed by atoms with Gasteiger partial charge in [-0.2, -0.15) is 0 Å². The maximum atomic E-state index is 2.48. The highest BCUT2D eigenvalue weighted by atomic mass is 15.2. The molecule has 0 aliphatic heterocycles. The maximum absolute atomic E-state index is 2.48. The van der Waals surface area contributed by atoms with E-state index in [9.17, 15) is 0 Å². The number of nitrogens with zero attached hydrogens (tertiary/aromatic N) is 2. The summed E-state index contributed by atoms with van der Waals surface area (Å²) in [7, 11) is 0. The van der Waals surface area contributed by atoms with E-state index in [1.54, 1.807) is 0 Å². The van der Waals surface area contributed by atoms with Gasteiger partial charge in [0, 0.05) is 39.1 Å². The number of benzene rings is 10. The van der Waals surface area contributed by atoms with E-state index in [2.05, 4.69) is 254 Å². The Morgan fingerprint density at radius 3 is 1.56 bits per heavy atom. The van der Waals surface area contributed by atoms with Gasteiger partial charge in [0.25, 0.3) is 0 Å². The third-order valence-corrected chi connectivity index (χ3v) is 12.6. The van der Waals surface area contributed by atoms with E-state index in [0.29, 0.717) is 0 Å². The van der Waals surface area contributed by atoms with Crippen LogP contribution in [-0.2, 0) is 5.41 Å². The lowest BCUT2D eigenvalue weighted by atomic mass is 9.81. The molecule has 0 saturated heterocycles. The Bertz CT molecular complexity index is 3210. The lowest BCUT2D eigenvalue weighted by Crippen LogP contribution is -2.15. The first-order valence-electron chi connectivity index (χ1n) is 21.2. The Kier molecular flexibility index (Phi) is 8.86. The predicted molar refractivity (Wildman–Crippen MR) is 259 cm³/mol. The summed E-state index contributed by atoms with van der Waals surface area (Å²) in [5.74, 6) is 0. The molecule has 2 heteroatoms. The molecule has 0 atom stereocenters. The summed E-state index contributed by atoms with van der Waals surface area (Å²) >= 11 is 0. The summed E-state index contributed by atoms with van der Waals surface area (Å²) in [5.41, 5.74) is 16.6. The number of hydrogen-bond donors (Lipinski definition) is 0. The monoisotopic (exact) mass is 780 g/mol. The third-order valence-electron chi connectivity index (χ3n) is 12.6. The van der Waals surface area contributed by atoms with Gasteiger partial charge in [-0.15, -0.1) is 0 Å². The quantitative estimate of drug-likeness (QED) is 0.142. The van der Waals surface area contributed by atoms with Crippen molar-refractivity contribution < 1.29 is 0 Å². The summed E-state index contributed by atoms with van der Waals surface area (Å²) in [6.07, 6.45) is 0. The van der Waals surface area contributed by atoms with Gasteiger partial charge in [0.05, 0.1) is 11.4 Å². The predicted octanol–water partition coefficient (Wildman–Crippen LogP) is 16.6. The summed E-state index contributed by atoms with van der Waals surface area (Å²) < 4.78 is 0. The maximum Gasteiger partial charge on any atom is 0.0546 e. The second-order valence-electron chi connectivity index (χ2n) is 16.6. The lowest BCUT2D eigenvalue weighted by Gasteiger charge is -2.31. The molecule has 0 radical (unpaired) electrons. The molecule has 0 unspecified atom stereocenters. The largest absolute Gasteiger partial charge is 0.310 e. The number of fused-ring (bicyclic) bond motifs is 6. The average Bonchev–Trinajstić information content (AvgIpc) is 3.54. The van der Waals surface area contributed by atoms with Gasteiger partial charge in [-0.3, -0.25) is 0 Å². The van der Waals surface area contributed by atoms with E-state index >= 15 is 0 Å². The number of hydrogen-bond acceptors (Lipinski definition) is 2. The van der Waals surface area contributed by atoms with Crippen molar-refractivity contribution in [1.82, 2.24) is 0 Å².